The molecule has 6 nitrogen and oxygen atoms in total. The maximum absolute atomic E-state index is 12.7. The molecule has 0 fully saturated rings. The first-order chi connectivity index (χ1) is 15.0. The molecule has 31 heavy (non-hydrogen) atoms. The predicted octanol–water partition coefficient (Wildman–Crippen LogP) is 4.50. The lowest BCUT2D eigenvalue weighted by atomic mass is 10.1. The molecule has 0 bridgehead atoms. The number of carbonyl (C=O) groups excluding carboxylic acids is 1. The molecule has 3 rings (SSSR count). The van der Waals surface area contributed by atoms with Gasteiger partial charge in [0.25, 0.3) is 0 Å². The number of anilines is 1. The van der Waals surface area contributed by atoms with Crippen LogP contribution in [0.4, 0.5) is 5.69 Å². The molecule has 7 heteroatoms. The van der Waals surface area contributed by atoms with E-state index in [0.717, 1.165) is 17.8 Å². The van der Waals surface area contributed by atoms with E-state index >= 15 is 0 Å². The van der Waals surface area contributed by atoms with Crippen molar-refractivity contribution in [2.75, 3.05) is 37.8 Å². The SMILES string of the molecule is CCOc1cc(CNC(=O)CN2CC(C)Sc3ccccc32)cc(OCC)c1OCC. The summed E-state index contributed by atoms with van der Waals surface area (Å²) in [7, 11) is 0. The van der Waals surface area contributed by atoms with E-state index in [-0.39, 0.29) is 5.91 Å². The molecule has 1 heterocycles. The quantitative estimate of drug-likeness (QED) is 0.582. The van der Waals surface area contributed by atoms with E-state index in [1.807, 2.05) is 56.8 Å². The van der Waals surface area contributed by atoms with Crippen molar-refractivity contribution in [1.82, 2.24) is 5.32 Å². The fourth-order valence-electron chi connectivity index (χ4n) is 3.61. The van der Waals surface area contributed by atoms with E-state index in [1.165, 1.54) is 4.90 Å². The fourth-order valence-corrected chi connectivity index (χ4v) is 4.77. The van der Waals surface area contributed by atoms with Gasteiger partial charge in [0.15, 0.2) is 11.5 Å². The van der Waals surface area contributed by atoms with Crippen LogP contribution >= 0.6 is 11.8 Å². The van der Waals surface area contributed by atoms with E-state index in [2.05, 4.69) is 29.3 Å². The second-order valence-electron chi connectivity index (χ2n) is 7.27. The van der Waals surface area contributed by atoms with E-state index in [0.29, 0.717) is 55.4 Å². The van der Waals surface area contributed by atoms with Gasteiger partial charge in [-0.05, 0) is 50.6 Å². The highest BCUT2D eigenvalue weighted by molar-refractivity contribution is 8.00. The van der Waals surface area contributed by atoms with Crippen molar-refractivity contribution < 1.29 is 19.0 Å². The maximum Gasteiger partial charge on any atom is 0.239 e. The molecular formula is C24H32N2O4S. The van der Waals surface area contributed by atoms with Gasteiger partial charge >= 0.3 is 0 Å². The number of amides is 1. The maximum atomic E-state index is 12.7. The lowest BCUT2D eigenvalue weighted by molar-refractivity contribution is -0.119. The van der Waals surface area contributed by atoms with Gasteiger partial charge in [-0.15, -0.1) is 11.8 Å². The van der Waals surface area contributed by atoms with E-state index in [1.54, 1.807) is 0 Å². The number of rotatable bonds is 10. The van der Waals surface area contributed by atoms with Crippen LogP contribution in [0, 0.1) is 0 Å². The summed E-state index contributed by atoms with van der Waals surface area (Å²) in [5.74, 6) is 1.86. The van der Waals surface area contributed by atoms with Crippen molar-refractivity contribution in [3.8, 4) is 17.2 Å². The Hall–Kier alpha value is -2.54. The molecule has 1 aliphatic rings. The molecule has 0 saturated heterocycles. The van der Waals surface area contributed by atoms with Crippen LogP contribution in [0.15, 0.2) is 41.3 Å². The highest BCUT2D eigenvalue weighted by atomic mass is 32.2. The normalized spacial score (nSPS) is 15.2. The molecule has 0 aliphatic carbocycles. The van der Waals surface area contributed by atoms with Crippen LogP contribution in [0.1, 0.15) is 33.3 Å². The molecule has 1 amide bonds. The molecule has 2 aromatic rings. The second kappa shape index (κ2) is 11.2. The number of nitrogens with one attached hydrogen (secondary N) is 1. The molecule has 2 aromatic carbocycles. The van der Waals surface area contributed by atoms with Gasteiger partial charge in [0.1, 0.15) is 0 Å². The number of benzene rings is 2. The summed E-state index contributed by atoms with van der Waals surface area (Å²) < 4.78 is 17.3. The summed E-state index contributed by atoms with van der Waals surface area (Å²) in [5, 5.41) is 3.48. The van der Waals surface area contributed by atoms with Gasteiger partial charge in [0.2, 0.25) is 11.7 Å². The monoisotopic (exact) mass is 444 g/mol. The van der Waals surface area contributed by atoms with Gasteiger partial charge in [0.05, 0.1) is 32.1 Å². The highest BCUT2D eigenvalue weighted by Crippen LogP contribution is 2.39. The van der Waals surface area contributed by atoms with Crippen LogP contribution in [0.2, 0.25) is 0 Å². The van der Waals surface area contributed by atoms with Crippen molar-refractivity contribution in [3.05, 3.63) is 42.0 Å². The van der Waals surface area contributed by atoms with Crippen molar-refractivity contribution in [2.24, 2.45) is 0 Å². The van der Waals surface area contributed by atoms with Crippen molar-refractivity contribution in [3.63, 3.8) is 0 Å². The Bertz CT molecular complexity index is 863. The van der Waals surface area contributed by atoms with Gasteiger partial charge in [-0.25, -0.2) is 0 Å². The summed E-state index contributed by atoms with van der Waals surface area (Å²) in [5.41, 5.74) is 2.03. The highest BCUT2D eigenvalue weighted by Gasteiger charge is 2.23. The molecule has 0 spiro atoms. The third-order valence-electron chi connectivity index (χ3n) is 4.80. The number of carbonyl (C=O) groups is 1. The van der Waals surface area contributed by atoms with Crippen LogP contribution in [0.3, 0.4) is 0 Å². The van der Waals surface area contributed by atoms with Crippen molar-refractivity contribution in [2.45, 2.75) is 44.4 Å². The molecular weight excluding hydrogens is 412 g/mol. The zero-order valence-corrected chi connectivity index (χ0v) is 19.6. The summed E-state index contributed by atoms with van der Waals surface area (Å²) in [6, 6.07) is 12.1. The van der Waals surface area contributed by atoms with Crippen LogP contribution in [-0.4, -0.2) is 44.1 Å². The molecule has 1 unspecified atom stereocenters. The Morgan fingerprint density at radius 3 is 2.35 bits per heavy atom. The first-order valence-corrected chi connectivity index (χ1v) is 11.8. The van der Waals surface area contributed by atoms with Gasteiger partial charge in [-0.3, -0.25) is 4.79 Å². The van der Waals surface area contributed by atoms with Crippen LogP contribution < -0.4 is 24.4 Å². The number of fused-ring (bicyclic) bond motifs is 1. The van der Waals surface area contributed by atoms with Crippen molar-refractivity contribution >= 4 is 23.4 Å². The average molecular weight is 445 g/mol. The third-order valence-corrected chi connectivity index (χ3v) is 5.96. The number of para-hydroxylation sites is 1. The largest absolute Gasteiger partial charge is 0.490 e. The Kier molecular flexibility index (Phi) is 8.35. The van der Waals surface area contributed by atoms with Crippen LogP contribution in [-0.2, 0) is 11.3 Å². The number of hydrogen-bond donors (Lipinski definition) is 1. The number of ether oxygens (including phenoxy) is 3. The van der Waals surface area contributed by atoms with Crippen molar-refractivity contribution in [1.29, 1.82) is 0 Å². The number of hydrogen-bond acceptors (Lipinski definition) is 6. The Morgan fingerprint density at radius 2 is 1.71 bits per heavy atom. The standard InChI is InChI=1S/C24H32N2O4S/c1-5-28-20-12-18(13-21(29-6-2)24(20)30-7-3)14-25-23(27)16-26-15-17(4)31-22-11-9-8-10-19(22)26/h8-13,17H,5-7,14-16H2,1-4H3,(H,25,27). The Balaban J connectivity index is 1.70. The minimum Gasteiger partial charge on any atom is -0.490 e. The van der Waals surface area contributed by atoms with E-state index in [9.17, 15) is 4.79 Å². The summed E-state index contributed by atoms with van der Waals surface area (Å²) in [6.45, 7) is 11.1. The molecule has 1 aliphatic heterocycles. The molecule has 0 aromatic heterocycles. The Morgan fingerprint density at radius 1 is 1.06 bits per heavy atom. The van der Waals surface area contributed by atoms with Gasteiger partial charge in [-0.2, -0.15) is 0 Å². The lowest BCUT2D eigenvalue weighted by Gasteiger charge is -2.33. The zero-order valence-electron chi connectivity index (χ0n) is 18.8. The van der Waals surface area contributed by atoms with Gasteiger partial charge in [0, 0.05) is 23.2 Å². The topological polar surface area (TPSA) is 60.0 Å². The van der Waals surface area contributed by atoms with Crippen LogP contribution in [0.5, 0.6) is 17.2 Å². The van der Waals surface area contributed by atoms with Gasteiger partial charge in [-0.1, -0.05) is 19.1 Å². The zero-order chi connectivity index (χ0) is 22.2. The molecule has 0 saturated carbocycles. The summed E-state index contributed by atoms with van der Waals surface area (Å²) in [4.78, 5) is 16.1. The lowest BCUT2D eigenvalue weighted by Crippen LogP contribution is -2.41. The molecule has 168 valence electrons. The average Bonchev–Trinajstić information content (AvgIpc) is 2.75. The second-order valence-corrected chi connectivity index (χ2v) is 8.75. The smallest absolute Gasteiger partial charge is 0.239 e. The molecule has 1 N–H and O–H groups in total. The van der Waals surface area contributed by atoms with Crippen LogP contribution in [0.25, 0.3) is 0 Å². The Labute approximate surface area is 189 Å². The minimum absolute atomic E-state index is 0.0151. The first-order valence-electron chi connectivity index (χ1n) is 10.9. The summed E-state index contributed by atoms with van der Waals surface area (Å²) >= 11 is 1.86. The van der Waals surface area contributed by atoms with Gasteiger partial charge < -0.3 is 24.4 Å². The predicted molar refractivity (Wildman–Crippen MR) is 126 cm³/mol. The molecule has 0 radical (unpaired) electrons. The minimum atomic E-state index is -0.0151. The number of nitrogens with zero attached hydrogens (tertiary/aromatic N) is 1. The fraction of sp³-hybridized carbons (Fsp3) is 0.458. The first kappa shape index (κ1) is 23.1. The molecule has 1 atom stereocenters. The third kappa shape index (κ3) is 6.00. The summed E-state index contributed by atoms with van der Waals surface area (Å²) in [6.07, 6.45) is 0. The number of thioether (sulfide) groups is 1. The van der Waals surface area contributed by atoms with E-state index in [4.69, 9.17) is 14.2 Å². The van der Waals surface area contributed by atoms with E-state index < -0.39 is 0 Å².